The molecule has 0 fully saturated rings. The van der Waals surface area contributed by atoms with Crippen LogP contribution in [-0.2, 0) is 0 Å². The lowest BCUT2D eigenvalue weighted by Gasteiger charge is -2.12. The smallest absolute Gasteiger partial charge is 0.311 e. The molecule has 1 atom stereocenters. The first-order valence-corrected chi connectivity index (χ1v) is 6.02. The lowest BCUT2D eigenvalue weighted by molar-refractivity contribution is -0.385. The average molecular weight is 277 g/mol. The molecule has 0 amide bonds. The van der Waals surface area contributed by atoms with Crippen molar-refractivity contribution in [1.29, 1.82) is 0 Å². The third-order valence-corrected chi connectivity index (χ3v) is 2.77. The van der Waals surface area contributed by atoms with Crippen molar-refractivity contribution < 1.29 is 14.1 Å². The topological polar surface area (TPSA) is 90.4 Å². The number of anilines is 1. The summed E-state index contributed by atoms with van der Waals surface area (Å²) in [4.78, 5) is 14.5. The molecule has 0 aliphatic heterocycles. The Bertz CT molecular complexity index is 624. The van der Waals surface area contributed by atoms with Gasteiger partial charge in [-0.2, -0.15) is 0 Å². The Morgan fingerprint density at radius 1 is 1.50 bits per heavy atom. The highest BCUT2D eigenvalue weighted by atomic mass is 16.6. The van der Waals surface area contributed by atoms with Gasteiger partial charge in [-0.15, -0.1) is 0 Å². The van der Waals surface area contributed by atoms with Crippen molar-refractivity contribution in [2.75, 3.05) is 12.4 Å². The summed E-state index contributed by atoms with van der Waals surface area (Å²) in [5.74, 6) is 1.49. The van der Waals surface area contributed by atoms with Gasteiger partial charge in [0.2, 0.25) is 5.89 Å². The number of hydrogen-bond donors (Lipinski definition) is 1. The van der Waals surface area contributed by atoms with Crippen molar-refractivity contribution in [1.82, 2.24) is 4.98 Å². The fraction of sp³-hybridized carbons (Fsp3) is 0.308. The van der Waals surface area contributed by atoms with Crippen LogP contribution in [0.2, 0.25) is 0 Å². The number of hydrogen-bond acceptors (Lipinski definition) is 6. The maximum absolute atomic E-state index is 10.8. The summed E-state index contributed by atoms with van der Waals surface area (Å²) in [6, 6.07) is 4.43. The molecule has 1 N–H and O–H groups in total. The first-order valence-electron chi connectivity index (χ1n) is 6.02. The van der Waals surface area contributed by atoms with Gasteiger partial charge in [0.15, 0.2) is 5.75 Å². The van der Waals surface area contributed by atoms with Crippen LogP contribution in [0, 0.1) is 17.0 Å². The van der Waals surface area contributed by atoms with Gasteiger partial charge in [0.05, 0.1) is 18.2 Å². The van der Waals surface area contributed by atoms with Crippen molar-refractivity contribution in [3.05, 3.63) is 46.2 Å². The molecule has 0 saturated heterocycles. The van der Waals surface area contributed by atoms with E-state index in [1.807, 2.05) is 13.8 Å². The van der Waals surface area contributed by atoms with Crippen LogP contribution < -0.4 is 10.1 Å². The van der Waals surface area contributed by atoms with Gasteiger partial charge < -0.3 is 14.5 Å². The minimum absolute atomic E-state index is 0.0716. The normalized spacial score (nSPS) is 11.9. The van der Waals surface area contributed by atoms with E-state index in [1.54, 1.807) is 18.3 Å². The van der Waals surface area contributed by atoms with Crippen LogP contribution in [0.3, 0.4) is 0 Å². The summed E-state index contributed by atoms with van der Waals surface area (Å²) < 4.78 is 10.4. The van der Waals surface area contributed by atoms with Gasteiger partial charge in [-0.1, -0.05) is 0 Å². The van der Waals surface area contributed by atoms with Gasteiger partial charge in [-0.3, -0.25) is 10.1 Å². The van der Waals surface area contributed by atoms with Crippen LogP contribution in [0.15, 0.2) is 28.8 Å². The van der Waals surface area contributed by atoms with Gasteiger partial charge in [-0.25, -0.2) is 4.98 Å². The van der Waals surface area contributed by atoms with Crippen molar-refractivity contribution in [2.24, 2.45) is 0 Å². The van der Waals surface area contributed by atoms with E-state index in [2.05, 4.69) is 10.3 Å². The molecular weight excluding hydrogens is 262 g/mol. The molecule has 20 heavy (non-hydrogen) atoms. The number of ether oxygens (including phenoxy) is 1. The third kappa shape index (κ3) is 2.87. The molecule has 7 nitrogen and oxygen atoms in total. The number of nitro groups is 1. The van der Waals surface area contributed by atoms with Gasteiger partial charge in [0, 0.05) is 17.8 Å². The lowest BCUT2D eigenvalue weighted by Crippen LogP contribution is -2.07. The van der Waals surface area contributed by atoms with Crippen LogP contribution in [-0.4, -0.2) is 17.0 Å². The molecule has 1 aromatic carbocycles. The third-order valence-electron chi connectivity index (χ3n) is 2.77. The van der Waals surface area contributed by atoms with Gasteiger partial charge in [0.25, 0.3) is 0 Å². The molecule has 0 radical (unpaired) electrons. The Balaban J connectivity index is 2.19. The Kier molecular flexibility index (Phi) is 3.88. The molecule has 106 valence electrons. The van der Waals surface area contributed by atoms with E-state index in [4.69, 9.17) is 9.15 Å². The number of nitrogens with one attached hydrogen (secondary N) is 1. The molecule has 2 rings (SSSR count). The SMILES string of the molecule is COc1cc(NC(C)c2ncc(C)o2)ccc1[N+](=O)[O-]. The first-order chi connectivity index (χ1) is 9.51. The minimum Gasteiger partial charge on any atom is -0.490 e. The van der Waals surface area contributed by atoms with E-state index in [1.165, 1.54) is 13.2 Å². The molecule has 0 saturated carbocycles. The number of nitrogens with zero attached hydrogens (tertiary/aromatic N) is 2. The van der Waals surface area contributed by atoms with Crippen molar-refractivity contribution >= 4 is 11.4 Å². The molecule has 7 heteroatoms. The second-order valence-electron chi connectivity index (χ2n) is 4.32. The second-order valence-corrected chi connectivity index (χ2v) is 4.32. The van der Waals surface area contributed by atoms with Gasteiger partial charge in [-0.05, 0) is 19.9 Å². The molecule has 1 unspecified atom stereocenters. The standard InChI is InChI=1S/C13H15N3O4/c1-8-7-14-13(20-8)9(2)15-10-4-5-11(16(17)18)12(6-10)19-3/h4-7,9,15H,1-3H3. The summed E-state index contributed by atoms with van der Waals surface area (Å²) in [5, 5.41) is 14.0. The fourth-order valence-electron chi connectivity index (χ4n) is 1.80. The van der Waals surface area contributed by atoms with E-state index in [0.717, 1.165) is 5.76 Å². The Morgan fingerprint density at radius 3 is 2.80 bits per heavy atom. The Labute approximate surface area is 115 Å². The second kappa shape index (κ2) is 5.60. The largest absolute Gasteiger partial charge is 0.490 e. The number of benzene rings is 1. The molecule has 1 aromatic heterocycles. The Morgan fingerprint density at radius 2 is 2.25 bits per heavy atom. The highest BCUT2D eigenvalue weighted by Gasteiger charge is 2.17. The predicted molar refractivity (Wildman–Crippen MR) is 72.9 cm³/mol. The van der Waals surface area contributed by atoms with Crippen LogP contribution in [0.25, 0.3) is 0 Å². The molecule has 2 aromatic rings. The summed E-state index contributed by atoms with van der Waals surface area (Å²) in [7, 11) is 1.40. The number of aromatic nitrogens is 1. The van der Waals surface area contributed by atoms with Crippen molar-refractivity contribution in [2.45, 2.75) is 19.9 Å². The van der Waals surface area contributed by atoms with E-state index >= 15 is 0 Å². The van der Waals surface area contributed by atoms with Gasteiger partial charge in [0.1, 0.15) is 11.8 Å². The van der Waals surface area contributed by atoms with Gasteiger partial charge >= 0.3 is 5.69 Å². The van der Waals surface area contributed by atoms with E-state index in [9.17, 15) is 10.1 Å². The summed E-state index contributed by atoms with van der Waals surface area (Å²) in [6.07, 6.45) is 1.64. The quantitative estimate of drug-likeness (QED) is 0.667. The highest BCUT2D eigenvalue weighted by Crippen LogP contribution is 2.31. The first kappa shape index (κ1) is 13.9. The molecule has 0 aliphatic carbocycles. The lowest BCUT2D eigenvalue weighted by atomic mass is 10.2. The van der Waals surface area contributed by atoms with Crippen LogP contribution in [0.4, 0.5) is 11.4 Å². The summed E-state index contributed by atoms with van der Waals surface area (Å²) >= 11 is 0. The van der Waals surface area contributed by atoms with E-state index < -0.39 is 4.92 Å². The maximum atomic E-state index is 10.8. The highest BCUT2D eigenvalue weighted by molar-refractivity contribution is 5.58. The zero-order valence-electron chi connectivity index (χ0n) is 11.4. The number of oxazole rings is 1. The number of methoxy groups -OCH3 is 1. The number of aryl methyl sites for hydroxylation is 1. The monoisotopic (exact) mass is 277 g/mol. The average Bonchev–Trinajstić information content (AvgIpc) is 2.85. The molecule has 0 bridgehead atoms. The van der Waals surface area contributed by atoms with Crippen LogP contribution in [0.1, 0.15) is 24.6 Å². The number of rotatable bonds is 5. The maximum Gasteiger partial charge on any atom is 0.311 e. The van der Waals surface area contributed by atoms with E-state index in [0.29, 0.717) is 11.6 Å². The summed E-state index contributed by atoms with van der Waals surface area (Å²) in [6.45, 7) is 3.71. The van der Waals surface area contributed by atoms with E-state index in [-0.39, 0.29) is 17.5 Å². The molecule has 0 spiro atoms. The molecular formula is C13H15N3O4. The van der Waals surface area contributed by atoms with Crippen molar-refractivity contribution in [3.63, 3.8) is 0 Å². The fourth-order valence-corrected chi connectivity index (χ4v) is 1.80. The number of nitro benzene ring substituents is 1. The predicted octanol–water partition coefficient (Wildman–Crippen LogP) is 3.07. The molecule has 0 aliphatic rings. The Hall–Kier alpha value is -2.57. The zero-order chi connectivity index (χ0) is 14.7. The summed E-state index contributed by atoms with van der Waals surface area (Å²) in [5.41, 5.74) is 0.619. The van der Waals surface area contributed by atoms with Crippen LogP contribution in [0.5, 0.6) is 5.75 Å². The molecule has 1 heterocycles. The zero-order valence-corrected chi connectivity index (χ0v) is 11.4. The minimum atomic E-state index is -0.483. The van der Waals surface area contributed by atoms with Crippen LogP contribution >= 0.6 is 0 Å². The van der Waals surface area contributed by atoms with Crippen molar-refractivity contribution in [3.8, 4) is 5.75 Å².